The average Bonchev–Trinajstić information content (AvgIpc) is 2.33. The largest absolute Gasteiger partial charge is 0.506 e. The summed E-state index contributed by atoms with van der Waals surface area (Å²) in [6.07, 6.45) is 0. The first-order valence-electron chi connectivity index (χ1n) is 5.54. The topological polar surface area (TPSA) is 49.3 Å². The Labute approximate surface area is 108 Å². The number of phenolic OH excluding ortho intramolecular Hbond substituents is 1. The third-order valence-corrected chi connectivity index (χ3v) is 2.59. The van der Waals surface area contributed by atoms with Crippen LogP contribution in [-0.4, -0.2) is 11.0 Å². The van der Waals surface area contributed by atoms with Crippen LogP contribution < -0.4 is 5.32 Å². The maximum absolute atomic E-state index is 13.4. The molecule has 0 heterocycles. The molecule has 0 fully saturated rings. The summed E-state index contributed by atoms with van der Waals surface area (Å²) in [5.41, 5.74) is 0.221. The van der Waals surface area contributed by atoms with Crippen molar-refractivity contribution in [3.05, 3.63) is 59.2 Å². The smallest absolute Gasteiger partial charge is 0.261 e. The maximum atomic E-state index is 13.4. The first kappa shape index (κ1) is 13.0. The minimum Gasteiger partial charge on any atom is -0.506 e. The Morgan fingerprint density at radius 1 is 1.16 bits per heavy atom. The molecule has 5 heteroatoms. The van der Waals surface area contributed by atoms with Gasteiger partial charge in [0, 0.05) is 0 Å². The highest BCUT2D eigenvalue weighted by Crippen LogP contribution is 2.25. The quantitative estimate of drug-likeness (QED) is 0.817. The number of carbonyl (C=O) groups is 1. The molecule has 0 unspecified atom stereocenters. The minimum absolute atomic E-state index is 0.104. The monoisotopic (exact) mass is 263 g/mol. The number of aromatic hydroxyl groups is 1. The van der Waals surface area contributed by atoms with Crippen molar-refractivity contribution >= 4 is 11.6 Å². The van der Waals surface area contributed by atoms with Crippen LogP contribution in [0, 0.1) is 18.6 Å². The highest BCUT2D eigenvalue weighted by molar-refractivity contribution is 6.05. The lowest BCUT2D eigenvalue weighted by Gasteiger charge is -2.09. The van der Waals surface area contributed by atoms with E-state index in [0.29, 0.717) is 0 Å². The number of benzene rings is 2. The van der Waals surface area contributed by atoms with Crippen LogP contribution in [0.4, 0.5) is 14.5 Å². The molecule has 2 aromatic rings. The Balaban J connectivity index is 2.34. The van der Waals surface area contributed by atoms with E-state index in [9.17, 15) is 18.7 Å². The van der Waals surface area contributed by atoms with Crippen molar-refractivity contribution in [1.29, 1.82) is 0 Å². The molecule has 98 valence electrons. The number of carbonyl (C=O) groups excluding carboxylic acids is 1. The predicted molar refractivity (Wildman–Crippen MR) is 67.2 cm³/mol. The molecular formula is C14H11F2NO2. The number of halogens is 2. The number of phenols is 1. The number of anilines is 1. The SMILES string of the molecule is Cc1ccc(O)c(NC(=O)c2c(F)cccc2F)c1. The highest BCUT2D eigenvalue weighted by Gasteiger charge is 2.18. The van der Waals surface area contributed by atoms with E-state index in [2.05, 4.69) is 5.32 Å². The van der Waals surface area contributed by atoms with Gasteiger partial charge in [-0.05, 0) is 36.8 Å². The molecule has 3 nitrogen and oxygen atoms in total. The number of hydrogen-bond acceptors (Lipinski definition) is 2. The molecule has 0 bridgehead atoms. The summed E-state index contributed by atoms with van der Waals surface area (Å²) in [6.45, 7) is 1.76. The van der Waals surface area contributed by atoms with E-state index in [-0.39, 0.29) is 11.4 Å². The number of hydrogen-bond donors (Lipinski definition) is 2. The Bertz CT molecular complexity index is 621. The molecule has 2 rings (SSSR count). The minimum atomic E-state index is -0.954. The van der Waals surface area contributed by atoms with Crippen LogP contribution in [0.2, 0.25) is 0 Å². The third kappa shape index (κ3) is 2.70. The van der Waals surface area contributed by atoms with Crippen molar-refractivity contribution in [3.63, 3.8) is 0 Å². The van der Waals surface area contributed by atoms with Gasteiger partial charge >= 0.3 is 0 Å². The van der Waals surface area contributed by atoms with Gasteiger partial charge < -0.3 is 10.4 Å². The van der Waals surface area contributed by atoms with Gasteiger partial charge in [0.15, 0.2) is 0 Å². The zero-order valence-corrected chi connectivity index (χ0v) is 10.1. The summed E-state index contributed by atoms with van der Waals surface area (Å²) in [7, 11) is 0. The van der Waals surface area contributed by atoms with Gasteiger partial charge in [0.2, 0.25) is 0 Å². The molecule has 0 saturated carbocycles. The van der Waals surface area contributed by atoms with E-state index >= 15 is 0 Å². The average molecular weight is 263 g/mol. The standard InChI is InChI=1S/C14H11F2NO2/c1-8-5-6-12(18)11(7-8)17-14(19)13-9(15)3-2-4-10(13)16/h2-7,18H,1H3,(H,17,19). The van der Waals surface area contributed by atoms with Gasteiger partial charge in [-0.1, -0.05) is 12.1 Å². The summed E-state index contributed by atoms with van der Waals surface area (Å²) in [5.74, 6) is -3.03. The van der Waals surface area contributed by atoms with E-state index in [1.54, 1.807) is 13.0 Å². The highest BCUT2D eigenvalue weighted by atomic mass is 19.1. The van der Waals surface area contributed by atoms with Crippen molar-refractivity contribution in [1.82, 2.24) is 0 Å². The Hall–Kier alpha value is -2.43. The van der Waals surface area contributed by atoms with E-state index in [1.165, 1.54) is 18.2 Å². The second-order valence-corrected chi connectivity index (χ2v) is 4.07. The van der Waals surface area contributed by atoms with Crippen LogP contribution in [0.25, 0.3) is 0 Å². The summed E-state index contributed by atoms with van der Waals surface area (Å²) in [6, 6.07) is 7.71. The molecule has 0 spiro atoms. The molecule has 0 atom stereocenters. The van der Waals surface area contributed by atoms with E-state index in [0.717, 1.165) is 17.7 Å². The second kappa shape index (κ2) is 5.06. The summed E-state index contributed by atoms with van der Waals surface area (Å²) in [5, 5.41) is 11.8. The van der Waals surface area contributed by atoms with Gasteiger partial charge in [-0.2, -0.15) is 0 Å². The number of nitrogens with one attached hydrogen (secondary N) is 1. The van der Waals surface area contributed by atoms with Gasteiger partial charge in [0.05, 0.1) is 5.69 Å². The van der Waals surface area contributed by atoms with Crippen LogP contribution in [0.5, 0.6) is 5.75 Å². The molecule has 0 aliphatic heterocycles. The van der Waals surface area contributed by atoms with Gasteiger partial charge in [-0.15, -0.1) is 0 Å². The molecule has 0 aliphatic carbocycles. The number of aryl methyl sites for hydroxylation is 1. The molecule has 0 aromatic heterocycles. The molecular weight excluding hydrogens is 252 g/mol. The Morgan fingerprint density at radius 3 is 2.42 bits per heavy atom. The van der Waals surface area contributed by atoms with Gasteiger partial charge in [-0.25, -0.2) is 8.78 Å². The fourth-order valence-electron chi connectivity index (χ4n) is 1.65. The first-order chi connectivity index (χ1) is 8.99. The Kier molecular flexibility index (Phi) is 3.46. The lowest BCUT2D eigenvalue weighted by atomic mass is 10.1. The van der Waals surface area contributed by atoms with Gasteiger partial charge in [0.25, 0.3) is 5.91 Å². The number of amides is 1. The second-order valence-electron chi connectivity index (χ2n) is 4.07. The summed E-state index contributed by atoms with van der Waals surface area (Å²) < 4.78 is 26.8. The van der Waals surface area contributed by atoms with Crippen molar-refractivity contribution in [3.8, 4) is 5.75 Å². The molecule has 1 amide bonds. The first-order valence-corrected chi connectivity index (χ1v) is 5.54. The number of rotatable bonds is 2. The lowest BCUT2D eigenvalue weighted by Crippen LogP contribution is -2.16. The fraction of sp³-hybridized carbons (Fsp3) is 0.0714. The van der Waals surface area contributed by atoms with Crippen molar-refractivity contribution < 1.29 is 18.7 Å². The molecule has 0 aliphatic rings. The van der Waals surface area contributed by atoms with Crippen molar-refractivity contribution in [2.24, 2.45) is 0 Å². The van der Waals surface area contributed by atoms with Crippen molar-refractivity contribution in [2.75, 3.05) is 5.32 Å². The van der Waals surface area contributed by atoms with Crippen LogP contribution in [0.3, 0.4) is 0 Å². The normalized spacial score (nSPS) is 10.3. The van der Waals surface area contributed by atoms with Gasteiger partial charge in [-0.3, -0.25) is 4.79 Å². The lowest BCUT2D eigenvalue weighted by molar-refractivity contribution is 0.101. The van der Waals surface area contributed by atoms with E-state index in [1.807, 2.05) is 0 Å². The van der Waals surface area contributed by atoms with Crippen LogP contribution in [0.15, 0.2) is 36.4 Å². The van der Waals surface area contributed by atoms with Crippen LogP contribution in [-0.2, 0) is 0 Å². The van der Waals surface area contributed by atoms with Crippen molar-refractivity contribution in [2.45, 2.75) is 6.92 Å². The molecule has 0 saturated heterocycles. The maximum Gasteiger partial charge on any atom is 0.261 e. The van der Waals surface area contributed by atoms with Crippen LogP contribution >= 0.6 is 0 Å². The van der Waals surface area contributed by atoms with E-state index in [4.69, 9.17) is 0 Å². The summed E-state index contributed by atoms with van der Waals surface area (Å²) >= 11 is 0. The fourth-order valence-corrected chi connectivity index (χ4v) is 1.65. The molecule has 0 radical (unpaired) electrons. The third-order valence-electron chi connectivity index (χ3n) is 2.59. The Morgan fingerprint density at radius 2 is 1.79 bits per heavy atom. The predicted octanol–water partition coefficient (Wildman–Crippen LogP) is 3.23. The zero-order valence-electron chi connectivity index (χ0n) is 10.1. The summed E-state index contributed by atoms with van der Waals surface area (Å²) in [4.78, 5) is 11.8. The van der Waals surface area contributed by atoms with Crippen LogP contribution in [0.1, 0.15) is 15.9 Å². The molecule has 19 heavy (non-hydrogen) atoms. The van der Waals surface area contributed by atoms with Gasteiger partial charge in [0.1, 0.15) is 22.9 Å². The molecule has 2 N–H and O–H groups in total. The zero-order chi connectivity index (χ0) is 14.0. The van der Waals surface area contributed by atoms with E-state index < -0.39 is 23.1 Å². The molecule has 2 aromatic carbocycles.